The van der Waals surface area contributed by atoms with E-state index in [1.54, 1.807) is 13.1 Å². The number of nitrogens with zero attached hydrogens (tertiary/aromatic N) is 1. The van der Waals surface area contributed by atoms with Crippen molar-refractivity contribution in [3.8, 4) is 0 Å². The predicted molar refractivity (Wildman–Crippen MR) is 96.1 cm³/mol. The maximum Gasteiger partial charge on any atom is 0.264 e. The lowest BCUT2D eigenvalue weighted by Crippen LogP contribution is -2.44. The Morgan fingerprint density at radius 2 is 1.96 bits per heavy atom. The second-order valence-electron chi connectivity index (χ2n) is 6.34. The molecule has 4 nitrogen and oxygen atoms in total. The zero-order valence-electron chi connectivity index (χ0n) is 13.8. The molecule has 2 aromatic rings. The van der Waals surface area contributed by atoms with Crippen LogP contribution in [0.1, 0.15) is 28.1 Å². The van der Waals surface area contributed by atoms with Gasteiger partial charge in [-0.1, -0.05) is 36.4 Å². The average Bonchev–Trinajstić information content (AvgIpc) is 3.29. The maximum atomic E-state index is 12.4. The second kappa shape index (κ2) is 7.62. The van der Waals surface area contributed by atoms with E-state index in [2.05, 4.69) is 17.4 Å². The van der Waals surface area contributed by atoms with Gasteiger partial charge in [-0.25, -0.2) is 0 Å². The highest BCUT2D eigenvalue weighted by molar-refractivity contribution is 7.12. The molecule has 1 fully saturated rings. The van der Waals surface area contributed by atoms with Crippen molar-refractivity contribution in [3.63, 3.8) is 0 Å². The Balaban J connectivity index is 1.55. The lowest BCUT2D eigenvalue weighted by molar-refractivity contribution is -0.122. The Morgan fingerprint density at radius 3 is 2.58 bits per heavy atom. The van der Waals surface area contributed by atoms with Crippen LogP contribution in [0, 0.1) is 5.92 Å². The summed E-state index contributed by atoms with van der Waals surface area (Å²) in [5.41, 5.74) is 1.23. The number of carbonyl (C=O) groups is 2. The van der Waals surface area contributed by atoms with E-state index in [-0.39, 0.29) is 24.4 Å². The van der Waals surface area contributed by atoms with Crippen molar-refractivity contribution in [1.29, 1.82) is 0 Å². The highest BCUT2D eigenvalue weighted by Gasteiger charge is 2.32. The van der Waals surface area contributed by atoms with Crippen molar-refractivity contribution in [2.75, 3.05) is 13.6 Å². The predicted octanol–water partition coefficient (Wildman–Crippen LogP) is 2.96. The highest BCUT2D eigenvalue weighted by Crippen LogP contribution is 2.34. The van der Waals surface area contributed by atoms with E-state index in [9.17, 15) is 9.59 Å². The van der Waals surface area contributed by atoms with Crippen molar-refractivity contribution in [3.05, 3.63) is 58.3 Å². The van der Waals surface area contributed by atoms with E-state index >= 15 is 0 Å². The molecule has 5 heteroatoms. The first kappa shape index (κ1) is 16.7. The molecule has 0 spiro atoms. The van der Waals surface area contributed by atoms with Gasteiger partial charge in [0.25, 0.3) is 5.91 Å². The molecular formula is C19H22N2O2S. The molecule has 0 bridgehead atoms. The number of nitrogens with one attached hydrogen (secondary N) is 1. The van der Waals surface area contributed by atoms with Crippen molar-refractivity contribution >= 4 is 23.2 Å². The van der Waals surface area contributed by atoms with Crippen molar-refractivity contribution < 1.29 is 9.59 Å². The Morgan fingerprint density at radius 1 is 1.21 bits per heavy atom. The molecule has 24 heavy (non-hydrogen) atoms. The second-order valence-corrected chi connectivity index (χ2v) is 7.29. The fraction of sp³-hybridized carbons (Fsp3) is 0.368. The molecule has 1 N–H and O–H groups in total. The molecule has 1 aliphatic rings. The smallest absolute Gasteiger partial charge is 0.264 e. The Labute approximate surface area is 146 Å². The van der Waals surface area contributed by atoms with Crippen LogP contribution < -0.4 is 5.32 Å². The van der Waals surface area contributed by atoms with Crippen LogP contribution in [0.25, 0.3) is 0 Å². The molecule has 1 atom stereocenters. The average molecular weight is 342 g/mol. The van der Waals surface area contributed by atoms with Crippen LogP contribution >= 0.6 is 11.3 Å². The summed E-state index contributed by atoms with van der Waals surface area (Å²) < 4.78 is 0. The summed E-state index contributed by atoms with van der Waals surface area (Å²) in [6, 6.07) is 14.0. The van der Waals surface area contributed by atoms with Gasteiger partial charge < -0.3 is 10.2 Å². The minimum atomic E-state index is -0.105. The summed E-state index contributed by atoms with van der Waals surface area (Å²) in [6.45, 7) is 0.0920. The number of amides is 2. The molecule has 3 rings (SSSR count). The standard InChI is InChI=1S/C19H22N2O2S/c1-21(19(23)17-8-5-11-24-17)13-18(22)20-16(15-9-10-15)12-14-6-3-2-4-7-14/h2-8,11,15-16H,9-10,12-13H2,1H3,(H,20,22)/t16-/m0/s1. The van der Waals surface area contributed by atoms with Gasteiger partial charge in [-0.3, -0.25) is 9.59 Å². The number of hydrogen-bond donors (Lipinski definition) is 1. The van der Waals surface area contributed by atoms with Crippen LogP contribution in [-0.4, -0.2) is 36.3 Å². The highest BCUT2D eigenvalue weighted by atomic mass is 32.1. The van der Waals surface area contributed by atoms with Gasteiger partial charge in [0.1, 0.15) is 0 Å². The fourth-order valence-electron chi connectivity index (χ4n) is 2.83. The molecule has 2 amide bonds. The van der Waals surface area contributed by atoms with Crippen LogP contribution in [-0.2, 0) is 11.2 Å². The number of hydrogen-bond acceptors (Lipinski definition) is 3. The summed E-state index contributed by atoms with van der Waals surface area (Å²) in [5, 5.41) is 4.99. The number of rotatable bonds is 7. The quantitative estimate of drug-likeness (QED) is 0.841. The topological polar surface area (TPSA) is 49.4 Å². The van der Waals surface area contributed by atoms with Crippen molar-refractivity contribution in [1.82, 2.24) is 10.2 Å². The van der Waals surface area contributed by atoms with Gasteiger partial charge in [-0.15, -0.1) is 11.3 Å². The minimum Gasteiger partial charge on any atom is -0.351 e. The molecule has 0 aliphatic heterocycles. The normalized spacial score (nSPS) is 14.9. The number of likely N-dealkylation sites (N-methyl/N-ethyl adjacent to an activating group) is 1. The third-order valence-electron chi connectivity index (χ3n) is 4.30. The van der Waals surface area contributed by atoms with E-state index in [0.717, 1.165) is 6.42 Å². The summed E-state index contributed by atoms with van der Waals surface area (Å²) in [4.78, 5) is 26.7. The first-order chi connectivity index (χ1) is 11.6. The monoisotopic (exact) mass is 342 g/mol. The van der Waals surface area contributed by atoms with Gasteiger partial charge in [0.05, 0.1) is 11.4 Å². The van der Waals surface area contributed by atoms with Gasteiger partial charge in [-0.05, 0) is 42.2 Å². The van der Waals surface area contributed by atoms with Crippen LogP contribution in [0.3, 0.4) is 0 Å². The van der Waals surface area contributed by atoms with Crippen molar-refractivity contribution in [2.45, 2.75) is 25.3 Å². The van der Waals surface area contributed by atoms with Gasteiger partial charge in [0.15, 0.2) is 0 Å². The molecule has 1 aliphatic carbocycles. The maximum absolute atomic E-state index is 12.4. The minimum absolute atomic E-state index is 0.0877. The van der Waals surface area contributed by atoms with Crippen LogP contribution in [0.4, 0.5) is 0 Å². The summed E-state index contributed by atoms with van der Waals surface area (Å²) in [5.74, 6) is 0.369. The Hall–Kier alpha value is -2.14. The summed E-state index contributed by atoms with van der Waals surface area (Å²) in [7, 11) is 1.67. The van der Waals surface area contributed by atoms with Gasteiger partial charge in [0.2, 0.25) is 5.91 Å². The van der Waals surface area contributed by atoms with Gasteiger partial charge >= 0.3 is 0 Å². The zero-order valence-corrected chi connectivity index (χ0v) is 14.6. The van der Waals surface area contributed by atoms with Crippen LogP contribution in [0.2, 0.25) is 0 Å². The lowest BCUT2D eigenvalue weighted by Gasteiger charge is -2.21. The Bertz CT molecular complexity index is 681. The number of carbonyl (C=O) groups excluding carboxylic acids is 2. The van der Waals surface area contributed by atoms with E-state index in [4.69, 9.17) is 0 Å². The van der Waals surface area contributed by atoms with E-state index < -0.39 is 0 Å². The number of thiophene rings is 1. The molecule has 126 valence electrons. The van der Waals surface area contributed by atoms with E-state index in [0.29, 0.717) is 10.8 Å². The van der Waals surface area contributed by atoms with Crippen LogP contribution in [0.15, 0.2) is 47.8 Å². The number of benzene rings is 1. The first-order valence-corrected chi connectivity index (χ1v) is 9.13. The third kappa shape index (κ3) is 4.45. The molecule has 0 radical (unpaired) electrons. The zero-order chi connectivity index (χ0) is 16.9. The molecular weight excluding hydrogens is 320 g/mol. The van der Waals surface area contributed by atoms with Gasteiger partial charge in [0, 0.05) is 13.1 Å². The molecule has 0 unspecified atom stereocenters. The van der Waals surface area contributed by atoms with E-state index in [1.807, 2.05) is 29.6 Å². The molecule has 1 aromatic carbocycles. The Kier molecular flexibility index (Phi) is 5.30. The SMILES string of the molecule is CN(CC(=O)N[C@@H](Cc1ccccc1)C1CC1)C(=O)c1cccs1. The summed E-state index contributed by atoms with van der Waals surface area (Å²) >= 11 is 1.39. The molecule has 1 heterocycles. The molecule has 0 saturated heterocycles. The van der Waals surface area contributed by atoms with E-state index in [1.165, 1.54) is 34.6 Å². The molecule has 1 saturated carbocycles. The van der Waals surface area contributed by atoms with Gasteiger partial charge in [-0.2, -0.15) is 0 Å². The largest absolute Gasteiger partial charge is 0.351 e. The van der Waals surface area contributed by atoms with Crippen molar-refractivity contribution in [2.24, 2.45) is 5.92 Å². The molecule has 1 aromatic heterocycles. The van der Waals surface area contributed by atoms with Crippen LogP contribution in [0.5, 0.6) is 0 Å². The third-order valence-corrected chi connectivity index (χ3v) is 5.15. The lowest BCUT2D eigenvalue weighted by atomic mass is 10.0. The summed E-state index contributed by atoms with van der Waals surface area (Å²) in [6.07, 6.45) is 3.18. The fourth-order valence-corrected chi connectivity index (χ4v) is 3.55. The first-order valence-electron chi connectivity index (χ1n) is 8.26.